The van der Waals surface area contributed by atoms with Crippen molar-refractivity contribution < 1.29 is 39.6 Å². The summed E-state index contributed by atoms with van der Waals surface area (Å²) in [7, 11) is -4.33. The molecule has 0 heterocycles. The Labute approximate surface area is 213 Å². The molecular formula is C24H19ClF6N2O3S. The third-order valence-electron chi connectivity index (χ3n) is 5.15. The minimum absolute atomic E-state index is 0.0821. The highest BCUT2D eigenvalue weighted by Crippen LogP contribution is 2.37. The molecule has 0 aromatic heterocycles. The van der Waals surface area contributed by atoms with Crippen LogP contribution in [0, 0.1) is 6.92 Å². The van der Waals surface area contributed by atoms with E-state index in [0.29, 0.717) is 17.7 Å². The molecule has 0 saturated heterocycles. The normalized spacial score (nSPS) is 12.6. The van der Waals surface area contributed by atoms with Crippen LogP contribution >= 0.6 is 11.6 Å². The molecule has 0 radical (unpaired) electrons. The second kappa shape index (κ2) is 10.7. The molecule has 37 heavy (non-hydrogen) atoms. The van der Waals surface area contributed by atoms with E-state index >= 15 is 0 Å². The molecule has 3 aromatic carbocycles. The van der Waals surface area contributed by atoms with Crippen LogP contribution in [0.1, 0.15) is 22.3 Å². The van der Waals surface area contributed by atoms with Crippen LogP contribution in [0.25, 0.3) is 0 Å². The average molecular weight is 565 g/mol. The molecule has 0 aliphatic carbocycles. The average Bonchev–Trinajstić information content (AvgIpc) is 2.79. The Morgan fingerprint density at radius 2 is 1.43 bits per heavy atom. The van der Waals surface area contributed by atoms with Crippen LogP contribution in [0.5, 0.6) is 0 Å². The van der Waals surface area contributed by atoms with Crippen molar-refractivity contribution in [3.63, 3.8) is 0 Å². The molecule has 0 spiro atoms. The highest BCUT2D eigenvalue weighted by Gasteiger charge is 2.37. The van der Waals surface area contributed by atoms with E-state index in [1.54, 1.807) is 19.1 Å². The quantitative estimate of drug-likeness (QED) is 0.333. The molecule has 3 rings (SSSR count). The zero-order valence-electron chi connectivity index (χ0n) is 19.0. The van der Waals surface area contributed by atoms with Crippen LogP contribution < -0.4 is 5.32 Å². The van der Waals surface area contributed by atoms with Gasteiger partial charge in [0.15, 0.2) is 0 Å². The third-order valence-corrected chi connectivity index (χ3v) is 7.33. The SMILES string of the molecule is Cc1ccc(S(=O)(=O)N(CC(=O)Nc2cc(C(F)(F)F)cc(C(F)(F)F)c2)Cc2ccccc2Cl)cc1. The molecule has 0 saturated carbocycles. The van der Waals surface area contributed by atoms with Crippen LogP contribution in [0.15, 0.2) is 71.6 Å². The number of nitrogens with zero attached hydrogens (tertiary/aromatic N) is 1. The predicted molar refractivity (Wildman–Crippen MR) is 125 cm³/mol. The Bertz CT molecular complexity index is 1360. The maximum absolute atomic E-state index is 13.3. The second-order valence-electron chi connectivity index (χ2n) is 8.02. The van der Waals surface area contributed by atoms with Crippen LogP contribution in [0.2, 0.25) is 5.02 Å². The summed E-state index contributed by atoms with van der Waals surface area (Å²) in [5, 5.41) is 2.15. The van der Waals surface area contributed by atoms with Gasteiger partial charge in [0.1, 0.15) is 0 Å². The first-order chi connectivity index (χ1) is 17.1. The lowest BCUT2D eigenvalue weighted by Gasteiger charge is -2.23. The number of nitrogens with one attached hydrogen (secondary N) is 1. The summed E-state index contributed by atoms with van der Waals surface area (Å²) in [5.74, 6) is -1.16. The summed E-state index contributed by atoms with van der Waals surface area (Å²) in [6, 6.07) is 12.5. The van der Waals surface area contributed by atoms with Gasteiger partial charge in [0.25, 0.3) is 0 Å². The molecule has 0 aliphatic rings. The minimum Gasteiger partial charge on any atom is -0.325 e. The lowest BCUT2D eigenvalue weighted by Crippen LogP contribution is -2.37. The minimum atomic E-state index is -5.12. The smallest absolute Gasteiger partial charge is 0.325 e. The highest BCUT2D eigenvalue weighted by atomic mass is 35.5. The Kier molecular flexibility index (Phi) is 8.25. The van der Waals surface area contributed by atoms with Gasteiger partial charge in [-0.05, 0) is 48.9 Å². The molecule has 198 valence electrons. The fraction of sp³-hybridized carbons (Fsp3) is 0.208. The molecule has 13 heteroatoms. The number of halogens is 7. The number of carbonyl (C=O) groups is 1. The van der Waals surface area contributed by atoms with Crippen molar-refractivity contribution in [2.75, 3.05) is 11.9 Å². The van der Waals surface area contributed by atoms with Gasteiger partial charge in [0.2, 0.25) is 15.9 Å². The molecule has 0 unspecified atom stereocenters. The number of carbonyl (C=O) groups excluding carboxylic acids is 1. The molecular weight excluding hydrogens is 546 g/mol. The Balaban J connectivity index is 1.96. The third kappa shape index (κ3) is 7.24. The molecule has 0 aliphatic heterocycles. The number of anilines is 1. The van der Waals surface area contributed by atoms with E-state index in [2.05, 4.69) is 0 Å². The number of hydrogen-bond acceptors (Lipinski definition) is 3. The standard InChI is InChI=1S/C24H19ClF6N2O3S/c1-15-6-8-20(9-7-15)37(35,36)33(13-16-4-2-3-5-21(16)25)14-22(34)32-19-11-17(23(26,27)28)10-18(12-19)24(29,30)31/h2-12H,13-14H2,1H3,(H,32,34). The zero-order valence-corrected chi connectivity index (χ0v) is 20.6. The van der Waals surface area contributed by atoms with Crippen LogP contribution in [-0.2, 0) is 33.7 Å². The Morgan fingerprint density at radius 1 is 0.892 bits per heavy atom. The Hall–Kier alpha value is -3.09. The van der Waals surface area contributed by atoms with E-state index < -0.39 is 51.6 Å². The summed E-state index contributed by atoms with van der Waals surface area (Å²) >= 11 is 6.14. The van der Waals surface area contributed by atoms with Gasteiger partial charge in [-0.15, -0.1) is 0 Å². The van der Waals surface area contributed by atoms with Gasteiger partial charge in [0.05, 0.1) is 22.6 Å². The number of alkyl halides is 6. The summed E-state index contributed by atoms with van der Waals surface area (Å²) in [4.78, 5) is 12.6. The maximum Gasteiger partial charge on any atom is 0.416 e. The first-order valence-corrected chi connectivity index (χ1v) is 12.3. The number of rotatable bonds is 7. The fourth-order valence-electron chi connectivity index (χ4n) is 3.29. The lowest BCUT2D eigenvalue weighted by atomic mass is 10.1. The maximum atomic E-state index is 13.3. The van der Waals surface area contributed by atoms with Crippen molar-refractivity contribution in [1.82, 2.24) is 4.31 Å². The van der Waals surface area contributed by atoms with E-state index in [4.69, 9.17) is 11.6 Å². The number of amides is 1. The van der Waals surface area contributed by atoms with Crippen molar-refractivity contribution in [3.8, 4) is 0 Å². The van der Waals surface area contributed by atoms with Crippen LogP contribution in [0.3, 0.4) is 0 Å². The monoisotopic (exact) mass is 564 g/mol. The highest BCUT2D eigenvalue weighted by molar-refractivity contribution is 7.89. The first kappa shape index (κ1) is 28.5. The van der Waals surface area contributed by atoms with Gasteiger partial charge in [-0.25, -0.2) is 8.42 Å². The van der Waals surface area contributed by atoms with Crippen molar-refractivity contribution in [2.45, 2.75) is 30.7 Å². The van der Waals surface area contributed by atoms with Gasteiger partial charge in [0, 0.05) is 17.3 Å². The van der Waals surface area contributed by atoms with Crippen LogP contribution in [0.4, 0.5) is 32.0 Å². The van der Waals surface area contributed by atoms with E-state index in [9.17, 15) is 39.6 Å². The van der Waals surface area contributed by atoms with Gasteiger partial charge in [-0.1, -0.05) is 47.5 Å². The van der Waals surface area contributed by atoms with Crippen molar-refractivity contribution in [1.29, 1.82) is 0 Å². The van der Waals surface area contributed by atoms with Gasteiger partial charge in [-0.2, -0.15) is 30.6 Å². The number of sulfonamides is 1. The molecule has 1 N–H and O–H groups in total. The molecule has 5 nitrogen and oxygen atoms in total. The summed E-state index contributed by atoms with van der Waals surface area (Å²) < 4.78 is 106. The van der Waals surface area contributed by atoms with Crippen molar-refractivity contribution >= 4 is 33.2 Å². The van der Waals surface area contributed by atoms with Gasteiger partial charge >= 0.3 is 12.4 Å². The lowest BCUT2D eigenvalue weighted by molar-refractivity contribution is -0.143. The summed E-state index contributed by atoms with van der Waals surface area (Å²) in [5.41, 5.74) is -2.96. The van der Waals surface area contributed by atoms with Crippen molar-refractivity contribution in [3.05, 3.63) is 94.0 Å². The fourth-order valence-corrected chi connectivity index (χ4v) is 4.86. The second-order valence-corrected chi connectivity index (χ2v) is 10.4. The van der Waals surface area contributed by atoms with E-state index in [1.807, 2.05) is 5.32 Å². The molecule has 0 atom stereocenters. The molecule has 0 bridgehead atoms. The molecule has 0 fully saturated rings. The van der Waals surface area contributed by atoms with Crippen LogP contribution in [-0.4, -0.2) is 25.2 Å². The molecule has 3 aromatic rings. The largest absolute Gasteiger partial charge is 0.416 e. The van der Waals surface area contributed by atoms with E-state index in [0.717, 1.165) is 9.87 Å². The Morgan fingerprint density at radius 3 is 1.95 bits per heavy atom. The number of aryl methyl sites for hydroxylation is 1. The number of hydrogen-bond donors (Lipinski definition) is 1. The molecule has 1 amide bonds. The van der Waals surface area contributed by atoms with E-state index in [-0.39, 0.29) is 22.5 Å². The van der Waals surface area contributed by atoms with Gasteiger partial charge < -0.3 is 5.32 Å². The van der Waals surface area contributed by atoms with Gasteiger partial charge in [-0.3, -0.25) is 4.79 Å². The zero-order chi connectivity index (χ0) is 27.6. The van der Waals surface area contributed by atoms with Crippen molar-refractivity contribution in [2.24, 2.45) is 0 Å². The first-order valence-electron chi connectivity index (χ1n) is 10.5. The predicted octanol–water partition coefficient (Wildman–Crippen LogP) is 6.52. The summed E-state index contributed by atoms with van der Waals surface area (Å²) in [6.45, 7) is 0.425. The summed E-state index contributed by atoms with van der Waals surface area (Å²) in [6.07, 6.45) is -10.2. The number of benzene rings is 3. The topological polar surface area (TPSA) is 66.5 Å². The van der Waals surface area contributed by atoms with E-state index in [1.165, 1.54) is 36.4 Å².